The average molecular weight is 614 g/mol. The average Bonchev–Trinajstić information content (AvgIpc) is 3.52. The summed E-state index contributed by atoms with van der Waals surface area (Å²) in [7, 11) is 0. The molecule has 3 heterocycles. The minimum atomic E-state index is -4.29. The minimum absolute atomic E-state index is 0. The number of halogens is 5. The molecule has 216 valence electrons. The minimum Gasteiger partial charge on any atom is -0.352 e. The number of nitrogens with one attached hydrogen (secondary N) is 1. The van der Waals surface area contributed by atoms with Crippen LogP contribution in [0.1, 0.15) is 47.2 Å². The van der Waals surface area contributed by atoms with Crippen LogP contribution >= 0.6 is 36.2 Å². The second-order valence-corrected chi connectivity index (χ2v) is 10.8. The number of nitrogens with zero attached hydrogens (tertiary/aromatic N) is 3. The molecule has 5 rings (SSSR count). The Balaban J connectivity index is 0.00000220. The molecule has 4 aromatic rings. The van der Waals surface area contributed by atoms with Crippen LogP contribution in [0.25, 0.3) is 16.2 Å². The third-order valence-corrected chi connectivity index (χ3v) is 7.98. The van der Waals surface area contributed by atoms with Gasteiger partial charge in [0.15, 0.2) is 4.96 Å². The molecule has 2 aromatic heterocycles. The van der Waals surface area contributed by atoms with Crippen LogP contribution in [0.4, 0.5) is 13.2 Å². The molecule has 1 aliphatic heterocycles. The number of alkyl halides is 3. The summed E-state index contributed by atoms with van der Waals surface area (Å²) in [4.78, 5) is 20.5. The third kappa shape index (κ3) is 8.22. The molecule has 1 N–H and O–H groups in total. The lowest BCUT2D eigenvalue weighted by molar-refractivity contribution is -0.137. The van der Waals surface area contributed by atoms with Crippen molar-refractivity contribution in [3.8, 4) is 11.3 Å². The Kier molecular flexibility index (Phi) is 11.5. The molecule has 5 nitrogen and oxygen atoms in total. The van der Waals surface area contributed by atoms with Crippen LogP contribution in [0, 0.1) is 5.92 Å². The Bertz CT molecular complexity index is 1340. The summed E-state index contributed by atoms with van der Waals surface area (Å²) in [6, 6.07) is 13.3. The number of carbonyl (C=O) groups is 1. The zero-order valence-corrected chi connectivity index (χ0v) is 24.4. The van der Waals surface area contributed by atoms with Crippen LogP contribution in [0.2, 0.25) is 0 Å². The van der Waals surface area contributed by atoms with E-state index in [0.29, 0.717) is 24.4 Å². The number of piperidine rings is 1. The van der Waals surface area contributed by atoms with E-state index in [-0.39, 0.29) is 30.7 Å². The van der Waals surface area contributed by atoms with Gasteiger partial charge in [0.1, 0.15) is 0 Å². The Labute approximate surface area is 248 Å². The van der Waals surface area contributed by atoms with Gasteiger partial charge in [0, 0.05) is 35.4 Å². The Hall–Kier alpha value is -2.59. The first-order valence-corrected chi connectivity index (χ1v) is 13.9. The molecule has 1 aliphatic rings. The molecule has 0 radical (unpaired) electrons. The lowest BCUT2D eigenvalue weighted by Crippen LogP contribution is -2.35. The summed E-state index contributed by atoms with van der Waals surface area (Å²) in [6.45, 7) is 3.54. The predicted octanol–water partition coefficient (Wildman–Crippen LogP) is 7.39. The first-order chi connectivity index (χ1) is 18.3. The fourth-order valence-corrected chi connectivity index (χ4v) is 5.75. The molecule has 40 heavy (non-hydrogen) atoms. The number of fused-ring (bicyclic) bond motifs is 1. The van der Waals surface area contributed by atoms with E-state index in [2.05, 4.69) is 15.2 Å². The van der Waals surface area contributed by atoms with Gasteiger partial charge in [0.25, 0.3) is 5.91 Å². The van der Waals surface area contributed by atoms with Gasteiger partial charge in [-0.25, -0.2) is 4.98 Å². The van der Waals surface area contributed by atoms with Crippen molar-refractivity contribution < 1.29 is 18.0 Å². The van der Waals surface area contributed by atoms with E-state index in [9.17, 15) is 18.0 Å². The maximum absolute atomic E-state index is 13.0. The summed E-state index contributed by atoms with van der Waals surface area (Å²) < 4.78 is 40.9. The maximum Gasteiger partial charge on any atom is 0.416 e. The topological polar surface area (TPSA) is 49.6 Å². The van der Waals surface area contributed by atoms with Crippen molar-refractivity contribution >= 4 is 47.0 Å². The summed E-state index contributed by atoms with van der Waals surface area (Å²) in [5.74, 6) is 0.350. The molecule has 1 saturated heterocycles. The largest absolute Gasteiger partial charge is 0.416 e. The van der Waals surface area contributed by atoms with E-state index in [0.717, 1.165) is 73.2 Å². The number of hydrogen-bond donors (Lipinski definition) is 1. The van der Waals surface area contributed by atoms with Gasteiger partial charge in [-0.15, -0.1) is 36.2 Å². The van der Waals surface area contributed by atoms with Crippen LogP contribution in [-0.2, 0) is 12.6 Å². The Morgan fingerprint density at radius 1 is 1.05 bits per heavy atom. The summed E-state index contributed by atoms with van der Waals surface area (Å²) in [6.07, 6.45) is 4.27. The van der Waals surface area contributed by atoms with Gasteiger partial charge in [-0.2, -0.15) is 13.2 Å². The standard InChI is InChI=1S/C29H31F3N4OS.2ClH/c30-29(31,32)25-5-3-4-22(19-25)18-21-10-14-35(15-11-21)13-2-1-12-33-27(37)24-8-6-23(7-9-24)26-20-36-16-17-38-28(36)34-26;;/h3-9,16-17,19-21H,1-2,10-15,18H2,(H,33,37);2*1H. The predicted molar refractivity (Wildman–Crippen MR) is 159 cm³/mol. The van der Waals surface area contributed by atoms with Crippen molar-refractivity contribution in [3.05, 3.63) is 83.0 Å². The van der Waals surface area contributed by atoms with Crippen LogP contribution in [0.3, 0.4) is 0 Å². The van der Waals surface area contributed by atoms with E-state index in [1.165, 1.54) is 12.1 Å². The Morgan fingerprint density at radius 3 is 2.50 bits per heavy atom. The van der Waals surface area contributed by atoms with Crippen molar-refractivity contribution in [1.29, 1.82) is 0 Å². The third-order valence-electron chi connectivity index (χ3n) is 7.21. The number of amides is 1. The number of rotatable bonds is 9. The van der Waals surface area contributed by atoms with Gasteiger partial charge < -0.3 is 10.2 Å². The van der Waals surface area contributed by atoms with E-state index in [4.69, 9.17) is 0 Å². The van der Waals surface area contributed by atoms with Crippen LogP contribution in [0.5, 0.6) is 0 Å². The Morgan fingerprint density at radius 2 is 1.80 bits per heavy atom. The van der Waals surface area contributed by atoms with Gasteiger partial charge in [-0.05, 0) is 81.4 Å². The highest BCUT2D eigenvalue weighted by atomic mass is 35.5. The van der Waals surface area contributed by atoms with Gasteiger partial charge in [-0.3, -0.25) is 9.20 Å². The molecule has 0 aliphatic carbocycles. The van der Waals surface area contributed by atoms with Crippen molar-refractivity contribution in [2.75, 3.05) is 26.2 Å². The van der Waals surface area contributed by atoms with Gasteiger partial charge in [0.2, 0.25) is 0 Å². The molecular formula is C29H33Cl2F3N4OS. The smallest absolute Gasteiger partial charge is 0.352 e. The van der Waals surface area contributed by atoms with E-state index >= 15 is 0 Å². The summed E-state index contributed by atoms with van der Waals surface area (Å²) in [5.41, 5.74) is 2.72. The molecule has 0 saturated carbocycles. The fourth-order valence-electron chi connectivity index (χ4n) is 5.05. The van der Waals surface area contributed by atoms with Crippen LogP contribution in [0.15, 0.2) is 66.3 Å². The molecule has 0 atom stereocenters. The first kappa shape index (κ1) is 31.9. The highest BCUT2D eigenvalue weighted by Crippen LogP contribution is 2.31. The first-order valence-electron chi connectivity index (χ1n) is 13.0. The number of benzene rings is 2. The molecule has 1 fully saturated rings. The highest BCUT2D eigenvalue weighted by molar-refractivity contribution is 7.15. The van der Waals surface area contributed by atoms with Gasteiger partial charge in [0.05, 0.1) is 11.3 Å². The van der Waals surface area contributed by atoms with Crippen molar-refractivity contribution in [2.24, 2.45) is 5.92 Å². The molecule has 0 spiro atoms. The second-order valence-electron chi connectivity index (χ2n) is 9.95. The van der Waals surface area contributed by atoms with Crippen LogP contribution in [-0.4, -0.2) is 46.4 Å². The zero-order chi connectivity index (χ0) is 26.5. The molecule has 0 bridgehead atoms. The number of aromatic nitrogens is 2. The SMILES string of the molecule is Cl.Cl.O=C(NCCCCN1CCC(Cc2cccc(C(F)(F)F)c2)CC1)c1ccc(-c2cn3ccsc3n2)cc1. The number of likely N-dealkylation sites (tertiary alicyclic amines) is 1. The van der Waals surface area contributed by atoms with Crippen molar-refractivity contribution in [2.45, 2.75) is 38.3 Å². The summed E-state index contributed by atoms with van der Waals surface area (Å²) >= 11 is 1.59. The van der Waals surface area contributed by atoms with E-state index in [1.54, 1.807) is 17.4 Å². The highest BCUT2D eigenvalue weighted by Gasteiger charge is 2.30. The lowest BCUT2D eigenvalue weighted by atomic mass is 9.89. The lowest BCUT2D eigenvalue weighted by Gasteiger charge is -2.32. The molecule has 2 aromatic carbocycles. The van der Waals surface area contributed by atoms with Crippen molar-refractivity contribution in [3.63, 3.8) is 0 Å². The quantitative estimate of drug-likeness (QED) is 0.200. The molecular weight excluding hydrogens is 580 g/mol. The number of carbonyl (C=O) groups excluding carboxylic acids is 1. The van der Waals surface area contributed by atoms with E-state index < -0.39 is 11.7 Å². The number of imidazole rings is 1. The second kappa shape index (κ2) is 14.3. The van der Waals surface area contributed by atoms with Crippen LogP contribution < -0.4 is 5.32 Å². The zero-order valence-electron chi connectivity index (χ0n) is 21.9. The summed E-state index contributed by atoms with van der Waals surface area (Å²) in [5, 5.41) is 5.00. The molecule has 0 unspecified atom stereocenters. The maximum atomic E-state index is 13.0. The molecule has 11 heteroatoms. The normalized spacial score (nSPS) is 14.5. The van der Waals surface area contributed by atoms with E-state index in [1.807, 2.05) is 46.4 Å². The van der Waals surface area contributed by atoms with Crippen molar-refractivity contribution in [1.82, 2.24) is 19.6 Å². The number of thiazole rings is 1. The fraction of sp³-hybridized carbons (Fsp3) is 0.379. The van der Waals surface area contributed by atoms with Gasteiger partial charge in [-0.1, -0.05) is 30.3 Å². The monoisotopic (exact) mass is 612 g/mol. The number of unbranched alkanes of at least 4 members (excludes halogenated alkanes) is 1. The van der Waals surface area contributed by atoms with Gasteiger partial charge >= 0.3 is 6.18 Å². The number of hydrogen-bond acceptors (Lipinski definition) is 4. The molecule has 1 amide bonds.